The van der Waals surface area contributed by atoms with Crippen LogP contribution in [0.2, 0.25) is 5.02 Å². The molecule has 0 saturated carbocycles. The minimum absolute atomic E-state index is 0. The summed E-state index contributed by atoms with van der Waals surface area (Å²) < 4.78 is 17.1. The Morgan fingerprint density at radius 1 is 0.884 bits per heavy atom. The number of aliphatic carboxylic acids is 1. The van der Waals surface area contributed by atoms with Crippen molar-refractivity contribution in [3.05, 3.63) is 124 Å². The number of carboxylic acid groups (broad SMARTS) is 1. The van der Waals surface area contributed by atoms with Crippen LogP contribution < -0.4 is 14.2 Å². The average molecular weight is 625 g/mol. The third-order valence-electron chi connectivity index (χ3n) is 7.44. The van der Waals surface area contributed by atoms with Crippen LogP contribution in [0.1, 0.15) is 41.5 Å². The highest BCUT2D eigenvalue weighted by atomic mass is 35.5. The molecule has 6 nitrogen and oxygen atoms in total. The van der Waals surface area contributed by atoms with Crippen molar-refractivity contribution in [2.24, 2.45) is 0 Å². The normalized spacial score (nSPS) is 11.6. The summed E-state index contributed by atoms with van der Waals surface area (Å²) in [5.74, 6) is 1.06. The molecule has 0 heterocycles. The van der Waals surface area contributed by atoms with Gasteiger partial charge in [-0.2, -0.15) is 0 Å². The number of hydrogen-bond acceptors (Lipinski definition) is 5. The number of carboxylic acids is 1. The van der Waals surface area contributed by atoms with Gasteiger partial charge in [0.1, 0.15) is 5.75 Å². The highest BCUT2D eigenvalue weighted by molar-refractivity contribution is 6.33. The van der Waals surface area contributed by atoms with Crippen molar-refractivity contribution in [2.75, 3.05) is 27.4 Å². The Morgan fingerprint density at radius 2 is 1.53 bits per heavy atom. The van der Waals surface area contributed by atoms with E-state index in [9.17, 15) is 4.79 Å². The van der Waals surface area contributed by atoms with Gasteiger partial charge in [0.2, 0.25) is 0 Å². The minimum Gasteiger partial charge on any atom is -0.494 e. The third-order valence-corrected chi connectivity index (χ3v) is 7.86. The summed E-state index contributed by atoms with van der Waals surface area (Å²) >= 11 is 6.85. The smallest absolute Gasteiger partial charge is 0.307 e. The summed E-state index contributed by atoms with van der Waals surface area (Å²) in [4.78, 5) is 13.6. The summed E-state index contributed by atoms with van der Waals surface area (Å²) in [7, 11) is 3.20. The topological polar surface area (TPSA) is 68.2 Å². The molecule has 0 amide bonds. The molecule has 0 aliphatic carbocycles. The van der Waals surface area contributed by atoms with Crippen LogP contribution in [0.25, 0.3) is 0 Å². The van der Waals surface area contributed by atoms with Crippen LogP contribution in [0, 0.1) is 0 Å². The van der Waals surface area contributed by atoms with E-state index in [2.05, 4.69) is 60.4 Å². The van der Waals surface area contributed by atoms with Crippen LogP contribution in [0.5, 0.6) is 17.2 Å². The molecule has 0 aliphatic heterocycles. The van der Waals surface area contributed by atoms with E-state index >= 15 is 0 Å². The highest BCUT2D eigenvalue weighted by Gasteiger charge is 2.24. The minimum atomic E-state index is -0.864. The molecule has 4 aromatic rings. The van der Waals surface area contributed by atoms with Gasteiger partial charge in [0.15, 0.2) is 11.5 Å². The molecule has 0 aliphatic rings. The van der Waals surface area contributed by atoms with Gasteiger partial charge in [-0.1, -0.05) is 90.5 Å². The van der Waals surface area contributed by atoms with Crippen LogP contribution in [0.3, 0.4) is 0 Å². The fourth-order valence-electron chi connectivity index (χ4n) is 5.13. The predicted molar refractivity (Wildman–Crippen MR) is 174 cm³/mol. The molecule has 228 valence electrons. The summed E-state index contributed by atoms with van der Waals surface area (Å²) in [5, 5.41) is 9.68. The molecular formula is C35H39Cl2NO5. The lowest BCUT2D eigenvalue weighted by atomic mass is 9.90. The monoisotopic (exact) mass is 623 g/mol. The van der Waals surface area contributed by atoms with E-state index in [1.807, 2.05) is 36.4 Å². The zero-order valence-electron chi connectivity index (χ0n) is 24.7. The maximum atomic E-state index is 11.1. The van der Waals surface area contributed by atoms with E-state index in [0.717, 1.165) is 18.5 Å². The molecule has 0 fully saturated rings. The maximum absolute atomic E-state index is 11.1. The van der Waals surface area contributed by atoms with Crippen LogP contribution >= 0.6 is 24.0 Å². The van der Waals surface area contributed by atoms with Crippen LogP contribution in [0.4, 0.5) is 0 Å². The summed E-state index contributed by atoms with van der Waals surface area (Å²) in [6.07, 6.45) is 0.720. The first-order valence-electron chi connectivity index (χ1n) is 14.1. The first kappa shape index (κ1) is 33.8. The molecule has 0 aromatic heterocycles. The first-order chi connectivity index (χ1) is 20.4. The lowest BCUT2D eigenvalue weighted by Gasteiger charge is -2.33. The molecule has 43 heavy (non-hydrogen) atoms. The molecule has 0 saturated heterocycles. The van der Waals surface area contributed by atoms with Gasteiger partial charge in [-0.15, -0.1) is 12.4 Å². The number of hydrogen-bond donors (Lipinski definition) is 1. The number of methoxy groups -OCH3 is 2. The SMILES string of the molecule is COc1ccc(CN(CC(c2ccccc2)c2ccccc2)[C@H](C)CCOc2cccc(CC(=O)O)c2)c(Cl)c1OC.Cl. The molecule has 8 heteroatoms. The van der Waals surface area contributed by atoms with Gasteiger partial charge in [-0.25, -0.2) is 0 Å². The van der Waals surface area contributed by atoms with Gasteiger partial charge >= 0.3 is 5.97 Å². The Morgan fingerprint density at radius 3 is 2.12 bits per heavy atom. The molecule has 4 aromatic carbocycles. The second kappa shape index (κ2) is 16.8. The molecule has 1 N–H and O–H groups in total. The number of rotatable bonds is 15. The van der Waals surface area contributed by atoms with E-state index < -0.39 is 5.97 Å². The number of ether oxygens (including phenoxy) is 3. The Balaban J connectivity index is 0.00000506. The van der Waals surface area contributed by atoms with Crippen LogP contribution in [-0.4, -0.2) is 49.4 Å². The van der Waals surface area contributed by atoms with Crippen molar-refractivity contribution in [3.8, 4) is 17.2 Å². The zero-order valence-corrected chi connectivity index (χ0v) is 26.3. The number of halogens is 2. The van der Waals surface area contributed by atoms with E-state index in [-0.39, 0.29) is 30.8 Å². The van der Waals surface area contributed by atoms with E-state index in [1.165, 1.54) is 11.1 Å². The van der Waals surface area contributed by atoms with Gasteiger partial charge in [0, 0.05) is 25.0 Å². The van der Waals surface area contributed by atoms with Crippen molar-refractivity contribution >= 4 is 30.0 Å². The van der Waals surface area contributed by atoms with Gasteiger partial charge in [-0.05, 0) is 53.8 Å². The fourth-order valence-corrected chi connectivity index (χ4v) is 5.42. The summed E-state index contributed by atoms with van der Waals surface area (Å²) in [5.41, 5.74) is 4.14. The van der Waals surface area contributed by atoms with E-state index in [0.29, 0.717) is 41.0 Å². The lowest BCUT2D eigenvalue weighted by molar-refractivity contribution is -0.136. The number of nitrogens with zero attached hydrogens (tertiary/aromatic N) is 1. The van der Waals surface area contributed by atoms with Crippen molar-refractivity contribution in [2.45, 2.75) is 38.3 Å². The van der Waals surface area contributed by atoms with Crippen molar-refractivity contribution in [3.63, 3.8) is 0 Å². The van der Waals surface area contributed by atoms with Crippen molar-refractivity contribution in [1.29, 1.82) is 0 Å². The van der Waals surface area contributed by atoms with E-state index in [4.69, 9.17) is 30.9 Å². The lowest BCUT2D eigenvalue weighted by Crippen LogP contribution is -2.37. The highest BCUT2D eigenvalue weighted by Crippen LogP contribution is 2.38. The molecule has 0 bridgehead atoms. The Labute approximate surface area is 265 Å². The third kappa shape index (κ3) is 9.39. The van der Waals surface area contributed by atoms with Crippen molar-refractivity contribution < 1.29 is 24.1 Å². The Hall–Kier alpha value is -3.71. The zero-order chi connectivity index (χ0) is 29.9. The maximum Gasteiger partial charge on any atom is 0.307 e. The predicted octanol–water partition coefficient (Wildman–Crippen LogP) is 7.90. The average Bonchev–Trinajstić information content (AvgIpc) is 3.00. The molecular weight excluding hydrogens is 585 g/mol. The summed E-state index contributed by atoms with van der Waals surface area (Å²) in [6, 6.07) is 32.4. The van der Waals surface area contributed by atoms with Crippen molar-refractivity contribution in [1.82, 2.24) is 4.90 Å². The molecule has 4 rings (SSSR count). The van der Waals surface area contributed by atoms with Crippen LogP contribution in [-0.2, 0) is 17.8 Å². The quantitative estimate of drug-likeness (QED) is 0.145. The molecule has 0 spiro atoms. The van der Waals surface area contributed by atoms with Gasteiger partial charge in [0.05, 0.1) is 32.3 Å². The standard InChI is InChI=1S/C35H38ClNO5.ClH/c1-25(19-20-42-30-16-10-11-26(21-30)22-33(38)39)37(23-29-17-18-32(40-2)35(41-3)34(29)36)24-31(27-12-6-4-7-13-27)28-14-8-5-9-15-28;/h4-18,21,25,31H,19-20,22-24H2,1-3H3,(H,38,39);1H/t25-;/m1./s1. The fraction of sp³-hybridized carbons (Fsp3) is 0.286. The molecule has 0 unspecified atom stereocenters. The second-order valence-corrected chi connectivity index (χ2v) is 10.7. The van der Waals surface area contributed by atoms with Gasteiger partial charge < -0.3 is 19.3 Å². The largest absolute Gasteiger partial charge is 0.494 e. The van der Waals surface area contributed by atoms with Gasteiger partial charge in [0.25, 0.3) is 0 Å². The van der Waals surface area contributed by atoms with Crippen LogP contribution in [0.15, 0.2) is 97.1 Å². The molecule has 0 radical (unpaired) electrons. The van der Waals surface area contributed by atoms with Gasteiger partial charge in [-0.3, -0.25) is 9.69 Å². The number of benzene rings is 4. The first-order valence-corrected chi connectivity index (χ1v) is 14.4. The van der Waals surface area contributed by atoms with E-state index in [1.54, 1.807) is 26.4 Å². The number of carbonyl (C=O) groups is 1. The Kier molecular flexibility index (Phi) is 13.2. The molecule has 1 atom stereocenters. The summed E-state index contributed by atoms with van der Waals surface area (Å²) in [6.45, 7) is 4.04. The Bertz CT molecular complexity index is 1400. The second-order valence-electron chi connectivity index (χ2n) is 10.3.